The summed E-state index contributed by atoms with van der Waals surface area (Å²) < 4.78 is 0. The minimum Gasteiger partial charge on any atom is -0.340 e. The van der Waals surface area contributed by atoms with Crippen LogP contribution in [-0.4, -0.2) is 15.9 Å². The van der Waals surface area contributed by atoms with Gasteiger partial charge in [0, 0.05) is 30.1 Å². The number of aromatic nitrogens is 2. The number of carbonyl (C=O) groups excluding carboxylic acids is 1. The van der Waals surface area contributed by atoms with Crippen molar-refractivity contribution < 1.29 is 4.79 Å². The number of rotatable bonds is 5. The Hall–Kier alpha value is -3.41. The Morgan fingerprint density at radius 3 is 1.89 bits per heavy atom. The lowest BCUT2D eigenvalue weighted by molar-refractivity contribution is -0.114. The molecule has 3 aromatic rings. The average Bonchev–Trinajstić information content (AvgIpc) is 2.59. The number of anilines is 5. The standard InChI is InChI=1S/C21H23N5O/c1-13-5-6-19(11-14(13)2)26-21-12-20(22-15(3)23-21)25-18-9-7-17(8-10-18)24-16(4)27/h5-12H,1-4H3,(H,24,27)(H2,22,23,25,26). The monoisotopic (exact) mass is 361 g/mol. The Kier molecular flexibility index (Phi) is 5.35. The molecule has 3 N–H and O–H groups in total. The molecule has 0 atom stereocenters. The number of benzene rings is 2. The summed E-state index contributed by atoms with van der Waals surface area (Å²) >= 11 is 0. The summed E-state index contributed by atoms with van der Waals surface area (Å²) in [5, 5.41) is 9.35. The van der Waals surface area contributed by atoms with Crippen LogP contribution in [0.2, 0.25) is 0 Å². The summed E-state index contributed by atoms with van der Waals surface area (Å²) in [7, 11) is 0. The van der Waals surface area contributed by atoms with Crippen LogP contribution in [0, 0.1) is 20.8 Å². The maximum absolute atomic E-state index is 11.1. The highest BCUT2D eigenvalue weighted by Crippen LogP contribution is 2.22. The Balaban J connectivity index is 1.76. The third-order valence-electron chi connectivity index (χ3n) is 4.09. The van der Waals surface area contributed by atoms with Crippen LogP contribution in [0.4, 0.5) is 28.7 Å². The zero-order valence-electron chi connectivity index (χ0n) is 15.9. The van der Waals surface area contributed by atoms with Crippen LogP contribution < -0.4 is 16.0 Å². The predicted octanol–water partition coefficient (Wildman–Crippen LogP) is 4.85. The van der Waals surface area contributed by atoms with Gasteiger partial charge in [-0.1, -0.05) is 6.07 Å². The smallest absolute Gasteiger partial charge is 0.221 e. The molecule has 0 radical (unpaired) electrons. The molecule has 6 nitrogen and oxygen atoms in total. The van der Waals surface area contributed by atoms with Gasteiger partial charge >= 0.3 is 0 Å². The van der Waals surface area contributed by atoms with Crippen LogP contribution in [-0.2, 0) is 4.79 Å². The first-order valence-corrected chi connectivity index (χ1v) is 8.74. The second-order valence-corrected chi connectivity index (χ2v) is 6.49. The van der Waals surface area contributed by atoms with Gasteiger partial charge in [-0.2, -0.15) is 0 Å². The summed E-state index contributed by atoms with van der Waals surface area (Å²) in [5.74, 6) is 2.00. The molecule has 0 spiro atoms. The first kappa shape index (κ1) is 18.4. The highest BCUT2D eigenvalue weighted by Gasteiger charge is 2.05. The molecule has 0 aliphatic carbocycles. The van der Waals surface area contributed by atoms with Gasteiger partial charge in [0.2, 0.25) is 5.91 Å². The van der Waals surface area contributed by atoms with Crippen molar-refractivity contribution >= 4 is 34.6 Å². The van der Waals surface area contributed by atoms with Crippen molar-refractivity contribution in [2.45, 2.75) is 27.7 Å². The Morgan fingerprint density at radius 2 is 1.30 bits per heavy atom. The van der Waals surface area contributed by atoms with Crippen LogP contribution >= 0.6 is 0 Å². The average molecular weight is 361 g/mol. The van der Waals surface area contributed by atoms with E-state index in [1.54, 1.807) is 0 Å². The normalized spacial score (nSPS) is 10.4. The fourth-order valence-electron chi connectivity index (χ4n) is 2.65. The number of nitrogens with zero attached hydrogens (tertiary/aromatic N) is 2. The van der Waals surface area contributed by atoms with Gasteiger partial charge in [0.1, 0.15) is 17.5 Å². The minimum atomic E-state index is -0.0933. The molecule has 1 heterocycles. The molecule has 138 valence electrons. The third-order valence-corrected chi connectivity index (χ3v) is 4.09. The zero-order chi connectivity index (χ0) is 19.4. The molecule has 2 aromatic carbocycles. The van der Waals surface area contributed by atoms with Crippen LogP contribution in [0.5, 0.6) is 0 Å². The maximum atomic E-state index is 11.1. The predicted molar refractivity (Wildman–Crippen MR) is 110 cm³/mol. The van der Waals surface area contributed by atoms with E-state index in [2.05, 4.69) is 51.9 Å². The fraction of sp³-hybridized carbons (Fsp3) is 0.190. The highest BCUT2D eigenvalue weighted by atomic mass is 16.1. The lowest BCUT2D eigenvalue weighted by atomic mass is 10.1. The molecule has 1 amide bonds. The molecule has 0 bridgehead atoms. The summed E-state index contributed by atoms with van der Waals surface area (Å²) in [6.45, 7) is 7.52. The third kappa shape index (κ3) is 5.04. The molecule has 27 heavy (non-hydrogen) atoms. The summed E-state index contributed by atoms with van der Waals surface area (Å²) in [5.41, 5.74) is 5.10. The van der Waals surface area contributed by atoms with Gasteiger partial charge in [-0.3, -0.25) is 4.79 Å². The van der Waals surface area contributed by atoms with E-state index < -0.39 is 0 Å². The second-order valence-electron chi connectivity index (χ2n) is 6.49. The van der Waals surface area contributed by atoms with Crippen molar-refractivity contribution in [2.75, 3.05) is 16.0 Å². The molecule has 1 aromatic heterocycles. The van der Waals surface area contributed by atoms with E-state index in [0.29, 0.717) is 11.6 Å². The number of hydrogen-bond acceptors (Lipinski definition) is 5. The van der Waals surface area contributed by atoms with E-state index in [0.717, 1.165) is 22.9 Å². The second kappa shape index (κ2) is 7.86. The van der Waals surface area contributed by atoms with Crippen molar-refractivity contribution in [1.82, 2.24) is 9.97 Å². The van der Waals surface area contributed by atoms with E-state index in [-0.39, 0.29) is 5.91 Å². The molecule has 0 saturated heterocycles. The van der Waals surface area contributed by atoms with Crippen molar-refractivity contribution in [3.63, 3.8) is 0 Å². The van der Waals surface area contributed by atoms with Crippen molar-refractivity contribution in [1.29, 1.82) is 0 Å². The molecule has 0 saturated carbocycles. The van der Waals surface area contributed by atoms with E-state index in [4.69, 9.17) is 0 Å². The first-order valence-electron chi connectivity index (χ1n) is 8.74. The largest absolute Gasteiger partial charge is 0.340 e. The number of carbonyl (C=O) groups is 1. The molecular weight excluding hydrogens is 338 g/mol. The van der Waals surface area contributed by atoms with Gasteiger partial charge in [-0.25, -0.2) is 9.97 Å². The summed E-state index contributed by atoms with van der Waals surface area (Å²) in [6, 6.07) is 15.5. The lowest BCUT2D eigenvalue weighted by Crippen LogP contribution is -2.05. The molecule has 6 heteroatoms. The molecule has 0 aliphatic rings. The van der Waals surface area contributed by atoms with Crippen LogP contribution in [0.3, 0.4) is 0 Å². The number of aryl methyl sites for hydroxylation is 3. The van der Waals surface area contributed by atoms with E-state index in [1.807, 2.05) is 43.3 Å². The summed E-state index contributed by atoms with van der Waals surface area (Å²) in [4.78, 5) is 20.0. The van der Waals surface area contributed by atoms with Gasteiger partial charge in [0.15, 0.2) is 0 Å². The van der Waals surface area contributed by atoms with Gasteiger partial charge in [-0.05, 0) is 68.3 Å². The van der Waals surface area contributed by atoms with E-state index in [9.17, 15) is 4.79 Å². The zero-order valence-corrected chi connectivity index (χ0v) is 15.9. The lowest BCUT2D eigenvalue weighted by Gasteiger charge is -2.12. The van der Waals surface area contributed by atoms with Gasteiger partial charge in [0.25, 0.3) is 0 Å². The quantitative estimate of drug-likeness (QED) is 0.605. The molecule has 3 rings (SSSR count). The Bertz CT molecular complexity index is 967. The number of amides is 1. The molecule has 0 fully saturated rings. The van der Waals surface area contributed by atoms with Crippen molar-refractivity contribution in [3.8, 4) is 0 Å². The molecular formula is C21H23N5O. The Morgan fingerprint density at radius 1 is 0.741 bits per heavy atom. The van der Waals surface area contributed by atoms with Crippen LogP contribution in [0.15, 0.2) is 48.5 Å². The van der Waals surface area contributed by atoms with Crippen molar-refractivity contribution in [3.05, 3.63) is 65.5 Å². The number of hydrogen-bond donors (Lipinski definition) is 3. The van der Waals surface area contributed by atoms with Gasteiger partial charge < -0.3 is 16.0 Å². The number of nitrogens with one attached hydrogen (secondary N) is 3. The fourth-order valence-corrected chi connectivity index (χ4v) is 2.65. The van der Waals surface area contributed by atoms with Crippen LogP contribution in [0.1, 0.15) is 23.9 Å². The first-order chi connectivity index (χ1) is 12.9. The minimum absolute atomic E-state index is 0.0933. The van der Waals surface area contributed by atoms with Crippen molar-refractivity contribution in [2.24, 2.45) is 0 Å². The van der Waals surface area contributed by atoms with Gasteiger partial charge in [-0.15, -0.1) is 0 Å². The van der Waals surface area contributed by atoms with E-state index >= 15 is 0 Å². The topological polar surface area (TPSA) is 78.9 Å². The van der Waals surface area contributed by atoms with Crippen LogP contribution in [0.25, 0.3) is 0 Å². The molecule has 0 unspecified atom stereocenters. The maximum Gasteiger partial charge on any atom is 0.221 e. The van der Waals surface area contributed by atoms with E-state index in [1.165, 1.54) is 18.1 Å². The SMILES string of the molecule is CC(=O)Nc1ccc(Nc2cc(Nc3ccc(C)c(C)c3)nc(C)n2)cc1. The Labute approximate surface area is 159 Å². The highest BCUT2D eigenvalue weighted by molar-refractivity contribution is 5.88. The summed E-state index contributed by atoms with van der Waals surface area (Å²) in [6.07, 6.45) is 0. The molecule has 0 aliphatic heterocycles. The van der Waals surface area contributed by atoms with Gasteiger partial charge in [0.05, 0.1) is 0 Å².